The van der Waals surface area contributed by atoms with Gasteiger partial charge in [-0.2, -0.15) is 4.99 Å². The molecule has 0 aliphatic rings. The van der Waals surface area contributed by atoms with E-state index in [2.05, 4.69) is 16.9 Å². The standard InChI is InChI=1S/C12H21N3O3/c1-6-7-10(17-5)15-9(13)8-14-11(16)18-12(2,3)4/h6-7H,1,8H2,2-5H3,(H2,13,15)(H,14,16)/b10-7+. The molecule has 0 aliphatic heterocycles. The molecule has 0 saturated heterocycles. The Balaban J connectivity index is 4.29. The lowest BCUT2D eigenvalue weighted by Gasteiger charge is -2.19. The lowest BCUT2D eigenvalue weighted by atomic mass is 10.2. The van der Waals surface area contributed by atoms with E-state index >= 15 is 0 Å². The highest BCUT2D eigenvalue weighted by Crippen LogP contribution is 2.06. The molecule has 0 heterocycles. The van der Waals surface area contributed by atoms with Crippen LogP contribution in [-0.4, -0.2) is 31.2 Å². The molecule has 6 nitrogen and oxygen atoms in total. The van der Waals surface area contributed by atoms with Crippen LogP contribution in [0, 0.1) is 0 Å². The topological polar surface area (TPSA) is 85.9 Å². The van der Waals surface area contributed by atoms with E-state index in [4.69, 9.17) is 15.2 Å². The Morgan fingerprint density at radius 2 is 2.11 bits per heavy atom. The quantitative estimate of drug-likeness (QED) is 0.338. The molecule has 0 saturated carbocycles. The highest BCUT2D eigenvalue weighted by molar-refractivity contribution is 5.86. The molecule has 0 bridgehead atoms. The molecule has 0 radical (unpaired) electrons. The van der Waals surface area contributed by atoms with Crippen molar-refractivity contribution in [1.29, 1.82) is 0 Å². The zero-order chi connectivity index (χ0) is 14.2. The fourth-order valence-corrected chi connectivity index (χ4v) is 0.910. The Labute approximate surface area is 108 Å². The summed E-state index contributed by atoms with van der Waals surface area (Å²) in [6, 6.07) is 0. The number of aliphatic imine (C=N–C) groups is 1. The SMILES string of the molecule is C=C/C=C(\N=C(/N)CNC(=O)OC(C)(C)C)OC. The second-order valence-electron chi connectivity index (χ2n) is 4.40. The number of nitrogens with one attached hydrogen (secondary N) is 1. The predicted molar refractivity (Wildman–Crippen MR) is 71.1 cm³/mol. The number of hydrogen-bond acceptors (Lipinski definition) is 4. The van der Waals surface area contributed by atoms with E-state index in [-0.39, 0.29) is 12.4 Å². The summed E-state index contributed by atoms with van der Waals surface area (Å²) in [5.74, 6) is 0.518. The van der Waals surface area contributed by atoms with Crippen LogP contribution in [0.15, 0.2) is 29.6 Å². The van der Waals surface area contributed by atoms with Gasteiger partial charge < -0.3 is 20.5 Å². The number of nitrogens with two attached hydrogens (primary N) is 1. The van der Waals surface area contributed by atoms with E-state index in [1.54, 1.807) is 26.8 Å². The Morgan fingerprint density at radius 3 is 2.56 bits per heavy atom. The fraction of sp³-hybridized carbons (Fsp3) is 0.500. The summed E-state index contributed by atoms with van der Waals surface area (Å²) < 4.78 is 9.97. The van der Waals surface area contributed by atoms with E-state index < -0.39 is 11.7 Å². The van der Waals surface area contributed by atoms with Crippen LogP contribution in [0.4, 0.5) is 4.79 Å². The van der Waals surface area contributed by atoms with Crippen molar-refractivity contribution in [2.24, 2.45) is 10.7 Å². The zero-order valence-corrected chi connectivity index (χ0v) is 11.3. The number of carbonyl (C=O) groups excluding carboxylic acids is 1. The third kappa shape index (κ3) is 8.20. The molecule has 18 heavy (non-hydrogen) atoms. The van der Waals surface area contributed by atoms with Gasteiger partial charge in [0.05, 0.1) is 13.7 Å². The largest absolute Gasteiger partial charge is 0.481 e. The second-order valence-corrected chi connectivity index (χ2v) is 4.40. The number of methoxy groups -OCH3 is 1. The lowest BCUT2D eigenvalue weighted by molar-refractivity contribution is 0.0536. The molecule has 3 N–H and O–H groups in total. The molecule has 0 atom stereocenters. The first-order valence-corrected chi connectivity index (χ1v) is 5.45. The van der Waals surface area contributed by atoms with Gasteiger partial charge in [0.25, 0.3) is 0 Å². The number of alkyl carbamates (subject to hydrolysis) is 1. The molecular formula is C12H21N3O3. The number of amides is 1. The van der Waals surface area contributed by atoms with Crippen LogP contribution >= 0.6 is 0 Å². The first-order chi connectivity index (χ1) is 8.28. The lowest BCUT2D eigenvalue weighted by Crippen LogP contribution is -2.37. The van der Waals surface area contributed by atoms with Crippen LogP contribution in [0.3, 0.4) is 0 Å². The van der Waals surface area contributed by atoms with Crippen LogP contribution in [-0.2, 0) is 9.47 Å². The molecule has 0 fully saturated rings. The minimum absolute atomic E-state index is 0.0761. The van der Waals surface area contributed by atoms with Crippen molar-refractivity contribution in [1.82, 2.24) is 5.32 Å². The van der Waals surface area contributed by atoms with Crippen LogP contribution in [0.2, 0.25) is 0 Å². The number of ether oxygens (including phenoxy) is 2. The molecule has 0 aromatic carbocycles. The van der Waals surface area contributed by atoms with Gasteiger partial charge in [-0.3, -0.25) is 0 Å². The van der Waals surface area contributed by atoms with Crippen molar-refractivity contribution in [3.63, 3.8) is 0 Å². The molecule has 0 rings (SSSR count). The summed E-state index contributed by atoms with van der Waals surface area (Å²) >= 11 is 0. The van der Waals surface area contributed by atoms with Gasteiger partial charge in [-0.05, 0) is 26.8 Å². The summed E-state index contributed by atoms with van der Waals surface area (Å²) in [6.07, 6.45) is 2.53. The summed E-state index contributed by atoms with van der Waals surface area (Å²) in [5, 5.41) is 2.48. The summed E-state index contributed by atoms with van der Waals surface area (Å²) in [7, 11) is 1.47. The normalized spacial score (nSPS) is 12.9. The number of carbonyl (C=O) groups is 1. The van der Waals surface area contributed by atoms with Crippen molar-refractivity contribution in [3.05, 3.63) is 24.6 Å². The predicted octanol–water partition coefficient (Wildman–Crippen LogP) is 1.54. The van der Waals surface area contributed by atoms with E-state index in [0.29, 0.717) is 5.88 Å². The average molecular weight is 255 g/mol. The minimum Gasteiger partial charge on any atom is -0.481 e. The molecule has 0 aromatic rings. The van der Waals surface area contributed by atoms with Gasteiger partial charge >= 0.3 is 6.09 Å². The number of nitrogens with zero attached hydrogens (tertiary/aromatic N) is 1. The maximum absolute atomic E-state index is 11.3. The van der Waals surface area contributed by atoms with Crippen molar-refractivity contribution >= 4 is 11.9 Å². The van der Waals surface area contributed by atoms with Crippen molar-refractivity contribution in [2.75, 3.05) is 13.7 Å². The Kier molecular flexibility index (Phi) is 6.56. The summed E-state index contributed by atoms with van der Waals surface area (Å²) in [5.41, 5.74) is 5.07. The van der Waals surface area contributed by atoms with Gasteiger partial charge in [0.2, 0.25) is 5.88 Å². The van der Waals surface area contributed by atoms with Crippen LogP contribution < -0.4 is 11.1 Å². The summed E-state index contributed by atoms with van der Waals surface area (Å²) in [4.78, 5) is 15.3. The third-order valence-electron chi connectivity index (χ3n) is 1.54. The van der Waals surface area contributed by atoms with Crippen LogP contribution in [0.1, 0.15) is 20.8 Å². The maximum atomic E-state index is 11.3. The van der Waals surface area contributed by atoms with Gasteiger partial charge in [-0.15, -0.1) is 0 Å². The Hall–Kier alpha value is -1.98. The smallest absolute Gasteiger partial charge is 0.408 e. The molecule has 1 amide bonds. The number of hydrogen-bond donors (Lipinski definition) is 2. The molecule has 102 valence electrons. The number of rotatable bonds is 5. The van der Waals surface area contributed by atoms with E-state index in [0.717, 1.165) is 0 Å². The fourth-order valence-electron chi connectivity index (χ4n) is 0.910. The molecular weight excluding hydrogens is 234 g/mol. The van der Waals surface area contributed by atoms with E-state index in [1.165, 1.54) is 13.2 Å². The van der Waals surface area contributed by atoms with Crippen LogP contribution in [0.5, 0.6) is 0 Å². The molecule has 0 spiro atoms. The molecule has 0 unspecified atom stereocenters. The van der Waals surface area contributed by atoms with Crippen molar-refractivity contribution in [2.45, 2.75) is 26.4 Å². The van der Waals surface area contributed by atoms with Crippen molar-refractivity contribution in [3.8, 4) is 0 Å². The molecule has 6 heteroatoms. The van der Waals surface area contributed by atoms with E-state index in [1.807, 2.05) is 0 Å². The number of amidine groups is 1. The van der Waals surface area contributed by atoms with Gasteiger partial charge in [-0.1, -0.05) is 12.7 Å². The van der Waals surface area contributed by atoms with Crippen LogP contribution in [0.25, 0.3) is 0 Å². The van der Waals surface area contributed by atoms with Gasteiger partial charge in [0, 0.05) is 0 Å². The maximum Gasteiger partial charge on any atom is 0.408 e. The Morgan fingerprint density at radius 1 is 1.50 bits per heavy atom. The first kappa shape index (κ1) is 16.0. The van der Waals surface area contributed by atoms with Crippen molar-refractivity contribution < 1.29 is 14.3 Å². The van der Waals surface area contributed by atoms with Gasteiger partial charge in [0.1, 0.15) is 11.4 Å². The Bertz CT molecular complexity index is 354. The van der Waals surface area contributed by atoms with E-state index in [9.17, 15) is 4.79 Å². The molecule has 0 aromatic heterocycles. The average Bonchev–Trinajstić information content (AvgIpc) is 2.23. The zero-order valence-electron chi connectivity index (χ0n) is 11.3. The number of allylic oxidation sites excluding steroid dienone is 2. The van der Waals surface area contributed by atoms with Gasteiger partial charge in [0.15, 0.2) is 0 Å². The van der Waals surface area contributed by atoms with Gasteiger partial charge in [-0.25, -0.2) is 4.79 Å². The first-order valence-electron chi connectivity index (χ1n) is 5.45. The minimum atomic E-state index is -0.549. The monoisotopic (exact) mass is 255 g/mol. The molecule has 0 aliphatic carbocycles. The third-order valence-corrected chi connectivity index (χ3v) is 1.54. The second kappa shape index (κ2) is 7.37. The highest BCUT2D eigenvalue weighted by Gasteiger charge is 2.15. The summed E-state index contributed by atoms with van der Waals surface area (Å²) in [6.45, 7) is 8.92. The highest BCUT2D eigenvalue weighted by atomic mass is 16.6.